The Hall–Kier alpha value is -1.66. The molecule has 0 N–H and O–H groups in total. The molecule has 0 spiro atoms. The molecule has 0 aliphatic heterocycles. The number of sulfone groups is 2. The van der Waals surface area contributed by atoms with Crippen LogP contribution in [-0.2, 0) is 19.7 Å². The smallest absolute Gasteiger partial charge is 0.198 e. The van der Waals surface area contributed by atoms with Crippen molar-refractivity contribution in [2.75, 3.05) is 0 Å². The van der Waals surface area contributed by atoms with Crippen LogP contribution in [-0.4, -0.2) is 20.9 Å². The molecular formula is C21H24O4S2. The van der Waals surface area contributed by atoms with Gasteiger partial charge in [0.15, 0.2) is 23.8 Å². The Labute approximate surface area is 161 Å². The molecule has 6 heteroatoms. The average Bonchev–Trinajstić information content (AvgIpc) is 3.25. The number of rotatable bonds is 5. The van der Waals surface area contributed by atoms with Crippen molar-refractivity contribution in [1.29, 1.82) is 0 Å². The van der Waals surface area contributed by atoms with Crippen molar-refractivity contribution in [3.8, 4) is 0 Å². The van der Waals surface area contributed by atoms with Crippen LogP contribution in [0.2, 0.25) is 0 Å². The summed E-state index contributed by atoms with van der Waals surface area (Å²) in [6, 6.07) is 16.1. The number of hydrogen-bond donors (Lipinski definition) is 0. The average molecular weight is 405 g/mol. The predicted molar refractivity (Wildman–Crippen MR) is 105 cm³/mol. The van der Waals surface area contributed by atoms with Gasteiger partial charge in [-0.05, 0) is 60.8 Å². The van der Waals surface area contributed by atoms with Crippen molar-refractivity contribution in [3.05, 3.63) is 60.7 Å². The molecule has 144 valence electrons. The minimum Gasteiger partial charge on any atom is -0.222 e. The van der Waals surface area contributed by atoms with Gasteiger partial charge in [-0.2, -0.15) is 0 Å². The molecular weight excluding hydrogens is 380 g/mol. The molecule has 0 radical (unpaired) electrons. The van der Waals surface area contributed by atoms with Gasteiger partial charge in [0.05, 0.1) is 9.79 Å². The molecule has 2 aromatic rings. The number of hydrogen-bond acceptors (Lipinski definition) is 4. The van der Waals surface area contributed by atoms with E-state index in [1.165, 1.54) is 24.3 Å². The fourth-order valence-corrected chi connectivity index (χ4v) is 10.3. The zero-order valence-corrected chi connectivity index (χ0v) is 17.1. The summed E-state index contributed by atoms with van der Waals surface area (Å²) < 4.78 is 53.1. The molecule has 27 heavy (non-hydrogen) atoms. The third kappa shape index (κ3) is 2.46. The second kappa shape index (κ2) is 5.92. The van der Waals surface area contributed by atoms with E-state index in [2.05, 4.69) is 13.8 Å². The normalized spacial score (nSPS) is 26.7. The minimum atomic E-state index is -4.07. The lowest BCUT2D eigenvalue weighted by Crippen LogP contribution is -2.46. The Morgan fingerprint density at radius 3 is 1.59 bits per heavy atom. The molecule has 0 amide bonds. The third-order valence-electron chi connectivity index (χ3n) is 6.67. The summed E-state index contributed by atoms with van der Waals surface area (Å²) in [5.41, 5.74) is -0.191. The van der Waals surface area contributed by atoms with Gasteiger partial charge in [0.2, 0.25) is 0 Å². The standard InChI is InChI=1S/C21H24O4S2/c1-16(2)20-13-17(20)14-21(15-20,26(22,23)18-9-5-3-6-10-18)27(24,25)19-11-7-4-8-12-19/h3-12,16-17H,13-15H2,1-2H3/t17?,20-/m0/s1. The molecule has 1 unspecified atom stereocenters. The highest BCUT2D eigenvalue weighted by molar-refractivity contribution is 8.10. The van der Waals surface area contributed by atoms with Crippen molar-refractivity contribution >= 4 is 19.7 Å². The van der Waals surface area contributed by atoms with Gasteiger partial charge in [-0.25, -0.2) is 16.8 Å². The van der Waals surface area contributed by atoms with E-state index >= 15 is 0 Å². The van der Waals surface area contributed by atoms with E-state index < -0.39 is 23.8 Å². The van der Waals surface area contributed by atoms with Crippen molar-refractivity contribution in [3.63, 3.8) is 0 Å². The van der Waals surface area contributed by atoms with E-state index in [1.807, 2.05) is 0 Å². The highest BCUT2D eigenvalue weighted by atomic mass is 32.3. The van der Waals surface area contributed by atoms with Crippen molar-refractivity contribution < 1.29 is 16.8 Å². The lowest BCUT2D eigenvalue weighted by atomic mass is 9.90. The summed E-state index contributed by atoms with van der Waals surface area (Å²) >= 11 is 0. The summed E-state index contributed by atoms with van der Waals surface area (Å²) in [5, 5.41) is 0. The molecule has 0 aromatic heterocycles. The number of fused-ring (bicyclic) bond motifs is 1. The summed E-state index contributed by atoms with van der Waals surface area (Å²) in [6.07, 6.45) is 1.28. The molecule has 0 bridgehead atoms. The maximum atomic E-state index is 13.7. The topological polar surface area (TPSA) is 68.3 Å². The van der Waals surface area contributed by atoms with Crippen LogP contribution in [0.25, 0.3) is 0 Å². The van der Waals surface area contributed by atoms with E-state index in [0.29, 0.717) is 0 Å². The van der Waals surface area contributed by atoms with Crippen LogP contribution in [0, 0.1) is 17.3 Å². The Morgan fingerprint density at radius 2 is 1.22 bits per heavy atom. The summed E-state index contributed by atoms with van der Waals surface area (Å²) in [5.74, 6) is 0.399. The minimum absolute atomic E-state index is 0.0877. The zero-order valence-electron chi connectivity index (χ0n) is 15.5. The predicted octanol–water partition coefficient (Wildman–Crippen LogP) is 4.09. The molecule has 4 nitrogen and oxygen atoms in total. The lowest BCUT2D eigenvalue weighted by Gasteiger charge is -2.32. The summed E-state index contributed by atoms with van der Waals surface area (Å²) in [6.45, 7) is 4.14. The Kier molecular flexibility index (Phi) is 4.10. The molecule has 2 aliphatic rings. The first kappa shape index (κ1) is 18.7. The van der Waals surface area contributed by atoms with E-state index in [4.69, 9.17) is 0 Å². The van der Waals surface area contributed by atoms with Crippen molar-refractivity contribution in [2.24, 2.45) is 17.3 Å². The molecule has 0 saturated heterocycles. The molecule has 2 fully saturated rings. The van der Waals surface area contributed by atoms with Crippen LogP contribution in [0.15, 0.2) is 70.5 Å². The molecule has 2 aliphatic carbocycles. The quantitative estimate of drug-likeness (QED) is 0.753. The van der Waals surface area contributed by atoms with Crippen molar-refractivity contribution in [1.82, 2.24) is 0 Å². The van der Waals surface area contributed by atoms with Gasteiger partial charge in [0.25, 0.3) is 0 Å². The summed E-state index contributed by atoms with van der Waals surface area (Å²) in [7, 11) is -8.14. The lowest BCUT2D eigenvalue weighted by molar-refractivity contribution is 0.337. The van der Waals surface area contributed by atoms with Gasteiger partial charge in [-0.1, -0.05) is 50.2 Å². The molecule has 2 atom stereocenters. The monoisotopic (exact) mass is 404 g/mol. The zero-order chi connectivity index (χ0) is 19.5. The fraction of sp³-hybridized carbons (Fsp3) is 0.429. The van der Waals surface area contributed by atoms with Gasteiger partial charge >= 0.3 is 0 Å². The second-order valence-electron chi connectivity index (χ2n) is 8.21. The van der Waals surface area contributed by atoms with E-state index in [0.717, 1.165) is 6.42 Å². The SMILES string of the molecule is CC(C)[C@@]12CC1CC(S(=O)(=O)c1ccccc1)(S(=O)(=O)c1ccccc1)C2. The summed E-state index contributed by atoms with van der Waals surface area (Å²) in [4.78, 5) is 0.175. The molecule has 4 rings (SSSR count). The van der Waals surface area contributed by atoms with Crippen LogP contribution in [0.4, 0.5) is 0 Å². The second-order valence-corrected chi connectivity index (χ2v) is 13.0. The van der Waals surface area contributed by atoms with E-state index in [1.54, 1.807) is 36.4 Å². The van der Waals surface area contributed by atoms with E-state index in [-0.39, 0.29) is 39.9 Å². The first-order valence-electron chi connectivity index (χ1n) is 9.27. The van der Waals surface area contributed by atoms with Gasteiger partial charge in [0, 0.05) is 0 Å². The van der Waals surface area contributed by atoms with Gasteiger partial charge in [0.1, 0.15) is 0 Å². The maximum absolute atomic E-state index is 13.7. The Balaban J connectivity index is 1.94. The highest BCUT2D eigenvalue weighted by Crippen LogP contribution is 2.73. The van der Waals surface area contributed by atoms with Gasteiger partial charge in [-0.15, -0.1) is 0 Å². The molecule has 2 saturated carbocycles. The maximum Gasteiger partial charge on any atom is 0.198 e. The van der Waals surface area contributed by atoms with E-state index in [9.17, 15) is 16.8 Å². The Morgan fingerprint density at radius 1 is 0.778 bits per heavy atom. The third-order valence-corrected chi connectivity index (χ3v) is 12.4. The van der Waals surface area contributed by atoms with Crippen molar-refractivity contribution in [2.45, 2.75) is 47.0 Å². The van der Waals surface area contributed by atoms with Crippen LogP contribution in [0.5, 0.6) is 0 Å². The largest absolute Gasteiger partial charge is 0.222 e. The first-order valence-corrected chi connectivity index (χ1v) is 12.2. The molecule has 2 aromatic carbocycles. The fourth-order valence-electron chi connectivity index (χ4n) is 4.93. The van der Waals surface area contributed by atoms with Crippen LogP contribution in [0.3, 0.4) is 0 Å². The van der Waals surface area contributed by atoms with Gasteiger partial charge < -0.3 is 0 Å². The molecule has 0 heterocycles. The Bertz CT molecular complexity index is 988. The van der Waals surface area contributed by atoms with Crippen LogP contribution in [0.1, 0.15) is 33.1 Å². The van der Waals surface area contributed by atoms with Crippen LogP contribution < -0.4 is 0 Å². The highest BCUT2D eigenvalue weighted by Gasteiger charge is 2.74. The number of benzene rings is 2. The van der Waals surface area contributed by atoms with Gasteiger partial charge in [-0.3, -0.25) is 0 Å². The first-order chi connectivity index (χ1) is 12.7. The van der Waals surface area contributed by atoms with Crippen LogP contribution >= 0.6 is 0 Å².